The predicted octanol–water partition coefficient (Wildman–Crippen LogP) is 2.63. The first-order chi connectivity index (χ1) is 11.3. The Morgan fingerprint density at radius 1 is 1.04 bits per heavy atom. The molecule has 0 spiro atoms. The molecule has 0 atom stereocenters. The van der Waals surface area contributed by atoms with Gasteiger partial charge in [0.25, 0.3) is 0 Å². The molecule has 0 aliphatic carbocycles. The lowest BCUT2D eigenvalue weighted by Crippen LogP contribution is -2.37. The highest BCUT2D eigenvalue weighted by atomic mass is 32.2. The molecule has 0 saturated carbocycles. The molecule has 2 rings (SSSR count). The lowest BCUT2D eigenvalue weighted by atomic mass is 10.1. The van der Waals surface area contributed by atoms with Crippen molar-refractivity contribution >= 4 is 15.9 Å². The molecule has 5 nitrogen and oxygen atoms in total. The summed E-state index contributed by atoms with van der Waals surface area (Å²) in [6.45, 7) is 9.59. The highest BCUT2D eigenvalue weighted by molar-refractivity contribution is 7.89. The lowest BCUT2D eigenvalue weighted by molar-refractivity contribution is -0.131. The first-order valence-electron chi connectivity index (χ1n) is 8.63. The summed E-state index contributed by atoms with van der Waals surface area (Å²) in [5.74, 6) is 0.124. The van der Waals surface area contributed by atoms with E-state index in [0.717, 1.165) is 23.1 Å². The third-order valence-electron chi connectivity index (χ3n) is 4.47. The van der Waals surface area contributed by atoms with Crippen LogP contribution in [0.4, 0.5) is 0 Å². The zero-order chi connectivity index (χ0) is 17.9. The summed E-state index contributed by atoms with van der Waals surface area (Å²) in [7, 11) is -3.53. The fraction of sp³-hybridized carbons (Fsp3) is 0.611. The van der Waals surface area contributed by atoms with Crippen LogP contribution < -0.4 is 0 Å². The Balaban J connectivity index is 2.24. The highest BCUT2D eigenvalue weighted by Gasteiger charge is 2.30. The monoisotopic (exact) mass is 352 g/mol. The van der Waals surface area contributed by atoms with Crippen molar-refractivity contribution in [3.05, 3.63) is 28.8 Å². The molecule has 0 bridgehead atoms. The molecule has 1 saturated heterocycles. The topological polar surface area (TPSA) is 57.7 Å². The van der Waals surface area contributed by atoms with E-state index in [1.54, 1.807) is 4.90 Å². The van der Waals surface area contributed by atoms with Crippen LogP contribution in [0.5, 0.6) is 0 Å². The molecule has 1 amide bonds. The number of hydrogen-bond donors (Lipinski definition) is 0. The Kier molecular flexibility index (Phi) is 6.04. The van der Waals surface area contributed by atoms with Gasteiger partial charge in [-0.1, -0.05) is 24.6 Å². The van der Waals surface area contributed by atoms with Gasteiger partial charge < -0.3 is 4.90 Å². The van der Waals surface area contributed by atoms with Crippen LogP contribution in [-0.2, 0) is 14.8 Å². The smallest absolute Gasteiger partial charge is 0.243 e. The van der Waals surface area contributed by atoms with E-state index in [-0.39, 0.29) is 5.91 Å². The average molecular weight is 353 g/mol. The van der Waals surface area contributed by atoms with Crippen molar-refractivity contribution in [3.63, 3.8) is 0 Å². The SMILES string of the molecule is CCCC(=O)N1CCCN(S(=O)(=O)c2c(C)cc(C)cc2C)CC1. The van der Waals surface area contributed by atoms with E-state index in [1.807, 2.05) is 39.8 Å². The second kappa shape index (κ2) is 7.66. The van der Waals surface area contributed by atoms with Crippen LogP contribution in [0.2, 0.25) is 0 Å². The summed E-state index contributed by atoms with van der Waals surface area (Å²) >= 11 is 0. The maximum atomic E-state index is 13.1. The standard InChI is InChI=1S/C18H28N2O3S/c1-5-7-17(21)19-8-6-9-20(11-10-19)24(22,23)18-15(3)12-14(2)13-16(18)4/h12-13H,5-11H2,1-4H3. The largest absolute Gasteiger partial charge is 0.341 e. The normalized spacial score (nSPS) is 16.9. The number of aryl methyl sites for hydroxylation is 3. The number of rotatable bonds is 4. The summed E-state index contributed by atoms with van der Waals surface area (Å²) in [5, 5.41) is 0. The van der Waals surface area contributed by atoms with Crippen LogP contribution in [0, 0.1) is 20.8 Å². The summed E-state index contributed by atoms with van der Waals surface area (Å²) in [6, 6.07) is 3.82. The van der Waals surface area contributed by atoms with Gasteiger partial charge in [-0.15, -0.1) is 0 Å². The van der Waals surface area contributed by atoms with Gasteiger partial charge in [0.15, 0.2) is 0 Å². The van der Waals surface area contributed by atoms with Gasteiger partial charge in [-0.3, -0.25) is 4.79 Å². The summed E-state index contributed by atoms with van der Waals surface area (Å²) < 4.78 is 27.8. The molecule has 6 heteroatoms. The maximum Gasteiger partial charge on any atom is 0.243 e. The van der Waals surface area contributed by atoms with Gasteiger partial charge in [0.05, 0.1) is 4.90 Å². The van der Waals surface area contributed by atoms with Crippen molar-refractivity contribution in [3.8, 4) is 0 Å². The fourth-order valence-electron chi connectivity index (χ4n) is 3.46. The minimum Gasteiger partial charge on any atom is -0.341 e. The first-order valence-corrected chi connectivity index (χ1v) is 10.1. The Morgan fingerprint density at radius 2 is 1.67 bits per heavy atom. The maximum absolute atomic E-state index is 13.1. The van der Waals surface area contributed by atoms with Crippen LogP contribution >= 0.6 is 0 Å². The molecular formula is C18H28N2O3S. The van der Waals surface area contributed by atoms with Crippen LogP contribution in [-0.4, -0.2) is 49.7 Å². The van der Waals surface area contributed by atoms with Crippen molar-refractivity contribution in [2.45, 2.75) is 51.9 Å². The van der Waals surface area contributed by atoms with E-state index in [2.05, 4.69) is 0 Å². The summed E-state index contributed by atoms with van der Waals surface area (Å²) in [5.41, 5.74) is 2.64. The molecule has 134 valence electrons. The van der Waals surface area contributed by atoms with Crippen molar-refractivity contribution in [2.24, 2.45) is 0 Å². The number of benzene rings is 1. The second-order valence-electron chi connectivity index (χ2n) is 6.62. The number of carbonyl (C=O) groups excluding carboxylic acids is 1. The molecule has 1 aromatic rings. The molecule has 1 fully saturated rings. The van der Waals surface area contributed by atoms with E-state index >= 15 is 0 Å². The van der Waals surface area contributed by atoms with Crippen molar-refractivity contribution < 1.29 is 13.2 Å². The number of hydrogen-bond acceptors (Lipinski definition) is 3. The van der Waals surface area contributed by atoms with Crippen LogP contribution in [0.1, 0.15) is 42.9 Å². The minimum absolute atomic E-state index is 0.124. The van der Waals surface area contributed by atoms with Gasteiger partial charge in [-0.2, -0.15) is 4.31 Å². The quantitative estimate of drug-likeness (QED) is 0.837. The molecule has 1 aliphatic rings. The van der Waals surface area contributed by atoms with E-state index in [9.17, 15) is 13.2 Å². The van der Waals surface area contributed by atoms with Gasteiger partial charge in [-0.25, -0.2) is 8.42 Å². The summed E-state index contributed by atoms with van der Waals surface area (Å²) in [6.07, 6.45) is 2.03. The van der Waals surface area contributed by atoms with Crippen LogP contribution in [0.25, 0.3) is 0 Å². The first kappa shape index (κ1) is 18.9. The zero-order valence-electron chi connectivity index (χ0n) is 15.1. The lowest BCUT2D eigenvalue weighted by Gasteiger charge is -2.23. The average Bonchev–Trinajstić information content (AvgIpc) is 2.72. The summed E-state index contributed by atoms with van der Waals surface area (Å²) in [4.78, 5) is 14.3. The molecule has 0 unspecified atom stereocenters. The Morgan fingerprint density at radius 3 is 2.25 bits per heavy atom. The van der Waals surface area contributed by atoms with Gasteiger partial charge in [-0.05, 0) is 44.7 Å². The second-order valence-corrected chi connectivity index (χ2v) is 8.49. The van der Waals surface area contributed by atoms with Crippen LogP contribution in [0.3, 0.4) is 0 Å². The van der Waals surface area contributed by atoms with E-state index in [0.29, 0.717) is 43.9 Å². The number of sulfonamides is 1. The van der Waals surface area contributed by atoms with Gasteiger partial charge in [0.2, 0.25) is 15.9 Å². The van der Waals surface area contributed by atoms with Gasteiger partial charge >= 0.3 is 0 Å². The number of amides is 1. The zero-order valence-corrected chi connectivity index (χ0v) is 15.9. The molecule has 0 N–H and O–H groups in total. The van der Waals surface area contributed by atoms with Crippen LogP contribution in [0.15, 0.2) is 17.0 Å². The molecular weight excluding hydrogens is 324 g/mol. The minimum atomic E-state index is -3.53. The van der Waals surface area contributed by atoms with Crippen molar-refractivity contribution in [1.82, 2.24) is 9.21 Å². The molecule has 0 radical (unpaired) electrons. The number of carbonyl (C=O) groups is 1. The third-order valence-corrected chi connectivity index (χ3v) is 6.68. The third kappa shape index (κ3) is 3.98. The molecule has 1 aliphatic heterocycles. The van der Waals surface area contributed by atoms with E-state index in [4.69, 9.17) is 0 Å². The molecule has 0 aromatic heterocycles. The molecule has 24 heavy (non-hydrogen) atoms. The van der Waals surface area contributed by atoms with Gasteiger partial charge in [0.1, 0.15) is 0 Å². The fourth-order valence-corrected chi connectivity index (χ4v) is 5.34. The Labute approximate surface area is 145 Å². The van der Waals surface area contributed by atoms with E-state index in [1.165, 1.54) is 4.31 Å². The highest BCUT2D eigenvalue weighted by Crippen LogP contribution is 2.26. The van der Waals surface area contributed by atoms with Crippen molar-refractivity contribution in [2.75, 3.05) is 26.2 Å². The van der Waals surface area contributed by atoms with Crippen molar-refractivity contribution in [1.29, 1.82) is 0 Å². The predicted molar refractivity (Wildman–Crippen MR) is 95.5 cm³/mol. The Hall–Kier alpha value is -1.40. The Bertz CT molecular complexity index is 690. The molecule has 1 aromatic carbocycles. The number of nitrogens with zero attached hydrogens (tertiary/aromatic N) is 2. The molecule has 1 heterocycles. The van der Waals surface area contributed by atoms with Gasteiger partial charge in [0, 0.05) is 32.6 Å². The van der Waals surface area contributed by atoms with E-state index < -0.39 is 10.0 Å².